The molecule has 6 heteroatoms. The van der Waals surface area contributed by atoms with E-state index in [1.165, 1.54) is 0 Å². The van der Waals surface area contributed by atoms with Crippen molar-refractivity contribution in [1.82, 2.24) is 0 Å². The number of para-hydroxylation sites is 1. The molecule has 0 aliphatic carbocycles. The highest BCUT2D eigenvalue weighted by Gasteiger charge is 2.16. The average Bonchev–Trinajstić information content (AvgIpc) is 2.74. The number of hydrogen-bond donors (Lipinski definition) is 3. The molecule has 1 heterocycles. The molecule has 0 saturated carbocycles. The number of rotatable bonds is 3. The number of carbonyl (C=O) groups excluding carboxylic acids is 3. The van der Waals surface area contributed by atoms with Crippen molar-refractivity contribution in [3.63, 3.8) is 0 Å². The Morgan fingerprint density at radius 3 is 2.67 bits per heavy atom. The predicted molar refractivity (Wildman–Crippen MR) is 90.9 cm³/mol. The van der Waals surface area contributed by atoms with Gasteiger partial charge in [-0.25, -0.2) is 0 Å². The van der Waals surface area contributed by atoms with E-state index in [9.17, 15) is 14.4 Å². The monoisotopic (exact) mass is 323 g/mol. The number of primary amides is 1. The summed E-state index contributed by atoms with van der Waals surface area (Å²) in [4.78, 5) is 35.5. The van der Waals surface area contributed by atoms with Crippen molar-refractivity contribution < 1.29 is 14.4 Å². The van der Waals surface area contributed by atoms with E-state index in [0.717, 1.165) is 24.1 Å². The van der Waals surface area contributed by atoms with Gasteiger partial charge in [-0.2, -0.15) is 0 Å². The van der Waals surface area contributed by atoms with Crippen LogP contribution in [0.5, 0.6) is 0 Å². The Kier molecular flexibility index (Phi) is 4.29. The number of fused-ring (bicyclic) bond motifs is 1. The van der Waals surface area contributed by atoms with Gasteiger partial charge in [0.05, 0.1) is 11.3 Å². The highest BCUT2D eigenvalue weighted by molar-refractivity contribution is 6.09. The van der Waals surface area contributed by atoms with Crippen LogP contribution in [0.1, 0.15) is 39.1 Å². The molecular weight excluding hydrogens is 306 g/mol. The van der Waals surface area contributed by atoms with Crippen molar-refractivity contribution >= 4 is 29.1 Å². The Balaban J connectivity index is 1.85. The summed E-state index contributed by atoms with van der Waals surface area (Å²) >= 11 is 0. The Morgan fingerprint density at radius 1 is 1.08 bits per heavy atom. The first-order chi connectivity index (χ1) is 11.5. The molecule has 0 radical (unpaired) electrons. The van der Waals surface area contributed by atoms with E-state index < -0.39 is 5.91 Å². The van der Waals surface area contributed by atoms with Crippen molar-refractivity contribution in [3.05, 3.63) is 59.2 Å². The molecular formula is C18H17N3O3. The first-order valence-corrected chi connectivity index (χ1v) is 7.67. The van der Waals surface area contributed by atoms with Gasteiger partial charge in [0, 0.05) is 17.7 Å². The maximum absolute atomic E-state index is 12.5. The van der Waals surface area contributed by atoms with Gasteiger partial charge in [0.2, 0.25) is 5.91 Å². The smallest absolute Gasteiger partial charge is 0.255 e. The fourth-order valence-electron chi connectivity index (χ4n) is 2.72. The Hall–Kier alpha value is -3.15. The van der Waals surface area contributed by atoms with E-state index in [-0.39, 0.29) is 17.4 Å². The largest absolute Gasteiger partial charge is 0.366 e. The van der Waals surface area contributed by atoms with Crippen LogP contribution < -0.4 is 16.4 Å². The highest BCUT2D eigenvalue weighted by Crippen LogP contribution is 2.24. The summed E-state index contributed by atoms with van der Waals surface area (Å²) in [6.07, 6.45) is 1.95. The lowest BCUT2D eigenvalue weighted by Gasteiger charge is -2.11. The number of nitrogens with one attached hydrogen (secondary N) is 2. The van der Waals surface area contributed by atoms with Crippen LogP contribution in [0.2, 0.25) is 0 Å². The summed E-state index contributed by atoms with van der Waals surface area (Å²) < 4.78 is 0. The molecule has 24 heavy (non-hydrogen) atoms. The fraction of sp³-hybridized carbons (Fsp3) is 0.167. The zero-order valence-corrected chi connectivity index (χ0v) is 13.0. The first kappa shape index (κ1) is 15.7. The van der Waals surface area contributed by atoms with Gasteiger partial charge in [-0.1, -0.05) is 12.1 Å². The molecule has 1 aliphatic heterocycles. The molecule has 2 aromatic carbocycles. The molecule has 1 aliphatic rings. The van der Waals surface area contributed by atoms with Gasteiger partial charge >= 0.3 is 0 Å². The van der Waals surface area contributed by atoms with Crippen LogP contribution in [0.4, 0.5) is 11.4 Å². The number of hydrogen-bond acceptors (Lipinski definition) is 3. The van der Waals surface area contributed by atoms with Crippen molar-refractivity contribution in [2.24, 2.45) is 5.73 Å². The van der Waals surface area contributed by atoms with Gasteiger partial charge in [-0.3, -0.25) is 14.4 Å². The highest BCUT2D eigenvalue weighted by atomic mass is 16.2. The van der Waals surface area contributed by atoms with Gasteiger partial charge in [0.1, 0.15) is 0 Å². The average molecular weight is 323 g/mol. The third kappa shape index (κ3) is 3.27. The van der Waals surface area contributed by atoms with Gasteiger partial charge in [0.25, 0.3) is 11.8 Å². The summed E-state index contributed by atoms with van der Waals surface area (Å²) in [6, 6.07) is 11.7. The maximum atomic E-state index is 12.5. The molecule has 0 unspecified atom stereocenters. The van der Waals surface area contributed by atoms with Crippen molar-refractivity contribution in [2.45, 2.75) is 19.3 Å². The van der Waals surface area contributed by atoms with Crippen molar-refractivity contribution in [1.29, 1.82) is 0 Å². The zero-order valence-electron chi connectivity index (χ0n) is 13.0. The molecule has 3 rings (SSSR count). The molecule has 0 saturated heterocycles. The molecule has 122 valence electrons. The molecule has 3 amide bonds. The van der Waals surface area contributed by atoms with Crippen LogP contribution in [0.3, 0.4) is 0 Å². The van der Waals surface area contributed by atoms with E-state index in [0.29, 0.717) is 17.7 Å². The van der Waals surface area contributed by atoms with Gasteiger partial charge < -0.3 is 16.4 Å². The summed E-state index contributed by atoms with van der Waals surface area (Å²) in [6.45, 7) is 0. The Bertz CT molecular complexity index is 830. The third-order valence-corrected chi connectivity index (χ3v) is 3.93. The number of aryl methyl sites for hydroxylation is 1. The van der Waals surface area contributed by atoms with Gasteiger partial charge in [0.15, 0.2) is 0 Å². The van der Waals surface area contributed by atoms with E-state index >= 15 is 0 Å². The first-order valence-electron chi connectivity index (χ1n) is 7.67. The molecule has 0 fully saturated rings. The normalized spacial score (nSPS) is 13.4. The second kappa shape index (κ2) is 6.54. The number of benzene rings is 2. The number of nitrogens with two attached hydrogens (primary N) is 1. The minimum Gasteiger partial charge on any atom is -0.366 e. The summed E-state index contributed by atoms with van der Waals surface area (Å²) in [5.74, 6) is -0.945. The number of carbonyl (C=O) groups is 3. The topological polar surface area (TPSA) is 101 Å². The van der Waals surface area contributed by atoms with E-state index in [1.54, 1.807) is 42.5 Å². The molecule has 2 aromatic rings. The van der Waals surface area contributed by atoms with Crippen molar-refractivity contribution in [3.8, 4) is 0 Å². The van der Waals surface area contributed by atoms with E-state index in [4.69, 9.17) is 5.73 Å². The Morgan fingerprint density at radius 2 is 1.88 bits per heavy atom. The lowest BCUT2D eigenvalue weighted by Crippen LogP contribution is -2.18. The van der Waals surface area contributed by atoms with Crippen LogP contribution in [0.25, 0.3) is 0 Å². The fourth-order valence-corrected chi connectivity index (χ4v) is 2.72. The van der Waals surface area contributed by atoms with E-state index in [1.807, 2.05) is 0 Å². The third-order valence-electron chi connectivity index (χ3n) is 3.93. The molecule has 4 N–H and O–H groups in total. The van der Waals surface area contributed by atoms with Crippen LogP contribution in [0, 0.1) is 0 Å². The molecule has 0 spiro atoms. The zero-order chi connectivity index (χ0) is 17.1. The summed E-state index contributed by atoms with van der Waals surface area (Å²) in [5.41, 5.74) is 8.08. The van der Waals surface area contributed by atoms with Crippen LogP contribution >= 0.6 is 0 Å². The van der Waals surface area contributed by atoms with Crippen molar-refractivity contribution in [2.75, 3.05) is 10.6 Å². The molecule has 6 nitrogen and oxygen atoms in total. The quantitative estimate of drug-likeness (QED) is 0.808. The van der Waals surface area contributed by atoms with Gasteiger partial charge in [-0.05, 0) is 48.7 Å². The minimum absolute atomic E-state index is 0.0127. The maximum Gasteiger partial charge on any atom is 0.255 e. The summed E-state index contributed by atoms with van der Waals surface area (Å²) in [5, 5.41) is 5.54. The molecule has 0 bridgehead atoms. The lowest BCUT2D eigenvalue weighted by atomic mass is 10.0. The standard InChI is InChI=1S/C18H17N3O3/c19-17(23)13-5-1-2-6-15(13)21-18(24)12-8-9-14-11(10-12)4-3-7-16(22)20-14/h1-2,5-6,8-10H,3-4,7H2,(H2,19,23)(H,20,22)(H,21,24). The lowest BCUT2D eigenvalue weighted by molar-refractivity contribution is -0.116. The van der Waals surface area contributed by atoms with E-state index in [2.05, 4.69) is 10.6 Å². The summed E-state index contributed by atoms with van der Waals surface area (Å²) in [7, 11) is 0. The Labute approximate surface area is 139 Å². The van der Waals surface area contributed by atoms with Crippen LogP contribution in [0.15, 0.2) is 42.5 Å². The number of amides is 3. The molecule has 0 aromatic heterocycles. The minimum atomic E-state index is -0.601. The second-order valence-corrected chi connectivity index (χ2v) is 5.64. The van der Waals surface area contributed by atoms with Crippen LogP contribution in [-0.4, -0.2) is 17.7 Å². The predicted octanol–water partition coefficient (Wildman–Crippen LogP) is 2.31. The SMILES string of the molecule is NC(=O)c1ccccc1NC(=O)c1ccc2c(c1)CCCC(=O)N2. The second-order valence-electron chi connectivity index (χ2n) is 5.64. The number of anilines is 2. The molecule has 0 atom stereocenters. The van der Waals surface area contributed by atoms with Gasteiger partial charge in [-0.15, -0.1) is 0 Å². The van der Waals surface area contributed by atoms with Crippen LogP contribution in [-0.2, 0) is 11.2 Å².